The minimum absolute atomic E-state index is 0.0331. The van der Waals surface area contributed by atoms with Gasteiger partial charge >= 0.3 is 0 Å². The van der Waals surface area contributed by atoms with E-state index >= 15 is 0 Å². The number of carbonyl (C=O) groups is 1. The zero-order valence-corrected chi connectivity index (χ0v) is 15.7. The molecule has 1 aromatic carbocycles. The summed E-state index contributed by atoms with van der Waals surface area (Å²) in [6.07, 6.45) is 3.55. The van der Waals surface area contributed by atoms with Crippen LogP contribution in [0.2, 0.25) is 0 Å². The first-order valence-corrected chi connectivity index (χ1v) is 10.7. The summed E-state index contributed by atoms with van der Waals surface area (Å²) in [5.41, 5.74) is 0.880. The van der Waals surface area contributed by atoms with Crippen molar-refractivity contribution in [1.29, 1.82) is 0 Å². The molecule has 1 atom stereocenters. The normalized spacial score (nSPS) is 21.6. The summed E-state index contributed by atoms with van der Waals surface area (Å²) < 4.78 is 32.7. The molecule has 2 fully saturated rings. The molecule has 0 spiro atoms. The number of amides is 1. The van der Waals surface area contributed by atoms with Crippen molar-refractivity contribution >= 4 is 15.9 Å². The lowest BCUT2D eigenvalue weighted by atomic mass is 9.97. The highest BCUT2D eigenvalue weighted by Gasteiger charge is 2.21. The molecule has 1 aromatic rings. The second-order valence-electron chi connectivity index (χ2n) is 6.87. The molecule has 144 valence electrons. The van der Waals surface area contributed by atoms with Crippen LogP contribution in [0.4, 0.5) is 0 Å². The van der Waals surface area contributed by atoms with Crippen molar-refractivity contribution in [3.63, 3.8) is 0 Å². The first-order chi connectivity index (χ1) is 12.5. The number of hydrogen-bond donors (Lipinski definition) is 3. The standard InChI is InChI=1S/C18H27N3O4S/c22-18(15-7-9-19-10-8-15)20-12-14-3-5-17(6-4-14)26(23,24)21-13-16-2-1-11-25-16/h3-6,15-16,19,21H,1-2,7-13H2,(H,20,22). The third kappa shape index (κ3) is 5.26. The predicted molar refractivity (Wildman–Crippen MR) is 98.0 cm³/mol. The number of carbonyl (C=O) groups excluding carboxylic acids is 1. The van der Waals surface area contributed by atoms with Gasteiger partial charge in [0.2, 0.25) is 15.9 Å². The number of nitrogens with one attached hydrogen (secondary N) is 3. The molecule has 2 saturated heterocycles. The fourth-order valence-electron chi connectivity index (χ4n) is 3.30. The average molecular weight is 381 g/mol. The SMILES string of the molecule is O=C(NCc1ccc(S(=O)(=O)NCC2CCCO2)cc1)C1CCNCC1. The molecule has 2 aliphatic rings. The highest BCUT2D eigenvalue weighted by molar-refractivity contribution is 7.89. The second kappa shape index (κ2) is 8.94. The smallest absolute Gasteiger partial charge is 0.240 e. The van der Waals surface area contributed by atoms with Crippen LogP contribution in [0.25, 0.3) is 0 Å². The van der Waals surface area contributed by atoms with E-state index in [2.05, 4.69) is 15.4 Å². The molecule has 0 saturated carbocycles. The summed E-state index contributed by atoms with van der Waals surface area (Å²) in [6.45, 7) is 3.17. The van der Waals surface area contributed by atoms with Gasteiger partial charge in [-0.2, -0.15) is 0 Å². The third-order valence-corrected chi connectivity index (χ3v) is 6.37. The van der Waals surface area contributed by atoms with Crippen LogP contribution in [-0.4, -0.2) is 46.7 Å². The summed E-state index contributed by atoms with van der Waals surface area (Å²) >= 11 is 0. The minimum Gasteiger partial charge on any atom is -0.377 e. The van der Waals surface area contributed by atoms with E-state index in [1.165, 1.54) is 0 Å². The Hall–Kier alpha value is -1.48. The van der Waals surface area contributed by atoms with Gasteiger partial charge in [-0.1, -0.05) is 12.1 Å². The van der Waals surface area contributed by atoms with Gasteiger partial charge in [0, 0.05) is 25.6 Å². The zero-order valence-electron chi connectivity index (χ0n) is 14.9. The monoisotopic (exact) mass is 381 g/mol. The van der Waals surface area contributed by atoms with Gasteiger partial charge in [0.15, 0.2) is 0 Å². The van der Waals surface area contributed by atoms with Gasteiger partial charge in [-0.3, -0.25) is 4.79 Å². The zero-order chi connectivity index (χ0) is 18.4. The molecule has 2 aliphatic heterocycles. The first kappa shape index (κ1) is 19.3. The van der Waals surface area contributed by atoms with Gasteiger partial charge in [-0.25, -0.2) is 13.1 Å². The summed E-state index contributed by atoms with van der Waals surface area (Å²) in [5, 5.41) is 6.18. The molecule has 3 N–H and O–H groups in total. The highest BCUT2D eigenvalue weighted by Crippen LogP contribution is 2.15. The Morgan fingerprint density at radius 2 is 1.88 bits per heavy atom. The molecule has 0 aliphatic carbocycles. The van der Waals surface area contributed by atoms with Crippen LogP contribution < -0.4 is 15.4 Å². The van der Waals surface area contributed by atoms with E-state index in [-0.39, 0.29) is 22.8 Å². The van der Waals surface area contributed by atoms with Gasteiger partial charge in [-0.05, 0) is 56.5 Å². The fourth-order valence-corrected chi connectivity index (χ4v) is 4.36. The van der Waals surface area contributed by atoms with Crippen molar-refractivity contribution in [2.24, 2.45) is 5.92 Å². The van der Waals surface area contributed by atoms with E-state index in [0.717, 1.165) is 44.3 Å². The van der Waals surface area contributed by atoms with Crippen LogP contribution >= 0.6 is 0 Å². The van der Waals surface area contributed by atoms with Crippen LogP contribution in [-0.2, 0) is 26.1 Å². The first-order valence-electron chi connectivity index (χ1n) is 9.23. The minimum atomic E-state index is -3.54. The van der Waals surface area contributed by atoms with Gasteiger partial charge in [-0.15, -0.1) is 0 Å². The maximum absolute atomic E-state index is 12.3. The molecule has 0 bridgehead atoms. The lowest BCUT2D eigenvalue weighted by Crippen LogP contribution is -2.37. The van der Waals surface area contributed by atoms with Crippen molar-refractivity contribution in [3.8, 4) is 0 Å². The lowest BCUT2D eigenvalue weighted by molar-refractivity contribution is -0.125. The molecule has 26 heavy (non-hydrogen) atoms. The lowest BCUT2D eigenvalue weighted by Gasteiger charge is -2.21. The van der Waals surface area contributed by atoms with E-state index < -0.39 is 10.0 Å². The molecule has 2 heterocycles. The van der Waals surface area contributed by atoms with Gasteiger partial charge in [0.25, 0.3) is 0 Å². The molecule has 0 aromatic heterocycles. The molecule has 8 heteroatoms. The van der Waals surface area contributed by atoms with Gasteiger partial charge < -0.3 is 15.4 Å². The number of rotatable bonds is 7. The Morgan fingerprint density at radius 3 is 2.54 bits per heavy atom. The Labute approximate surface area is 154 Å². The molecular weight excluding hydrogens is 354 g/mol. The predicted octanol–water partition coefficient (Wildman–Crippen LogP) is 0.760. The van der Waals surface area contributed by atoms with Crippen LogP contribution in [0.1, 0.15) is 31.2 Å². The van der Waals surface area contributed by atoms with Gasteiger partial charge in [0.05, 0.1) is 11.0 Å². The number of sulfonamides is 1. The van der Waals surface area contributed by atoms with E-state index in [1.807, 2.05) is 0 Å². The van der Waals surface area contributed by atoms with Crippen LogP contribution in [0, 0.1) is 5.92 Å². The number of benzene rings is 1. The van der Waals surface area contributed by atoms with E-state index in [1.54, 1.807) is 24.3 Å². The summed E-state index contributed by atoms with van der Waals surface area (Å²) in [4.78, 5) is 12.4. The number of hydrogen-bond acceptors (Lipinski definition) is 5. The third-order valence-electron chi connectivity index (χ3n) is 4.94. The Kier molecular flexibility index (Phi) is 6.63. The van der Waals surface area contributed by atoms with Gasteiger partial charge in [0.1, 0.15) is 0 Å². The molecular formula is C18H27N3O4S. The number of ether oxygens (including phenoxy) is 1. The topological polar surface area (TPSA) is 96.5 Å². The van der Waals surface area contributed by atoms with Crippen LogP contribution in [0.15, 0.2) is 29.2 Å². The molecule has 1 amide bonds. The molecule has 7 nitrogen and oxygen atoms in total. The maximum atomic E-state index is 12.3. The molecule has 0 radical (unpaired) electrons. The van der Waals surface area contributed by atoms with Crippen molar-refractivity contribution in [1.82, 2.24) is 15.4 Å². The number of piperidine rings is 1. The molecule has 1 unspecified atom stereocenters. The van der Waals surface area contributed by atoms with Crippen molar-refractivity contribution in [2.75, 3.05) is 26.2 Å². The fraction of sp³-hybridized carbons (Fsp3) is 0.611. The highest BCUT2D eigenvalue weighted by atomic mass is 32.2. The van der Waals surface area contributed by atoms with E-state index in [9.17, 15) is 13.2 Å². The van der Waals surface area contributed by atoms with Crippen LogP contribution in [0.5, 0.6) is 0 Å². The van der Waals surface area contributed by atoms with Crippen molar-refractivity contribution < 1.29 is 17.9 Å². The van der Waals surface area contributed by atoms with E-state index in [4.69, 9.17) is 4.74 Å². The second-order valence-corrected chi connectivity index (χ2v) is 8.64. The van der Waals surface area contributed by atoms with E-state index in [0.29, 0.717) is 19.7 Å². The Bertz CT molecular complexity index is 694. The van der Waals surface area contributed by atoms with Crippen molar-refractivity contribution in [3.05, 3.63) is 29.8 Å². The summed E-state index contributed by atoms with van der Waals surface area (Å²) in [7, 11) is -3.54. The summed E-state index contributed by atoms with van der Waals surface area (Å²) in [5.74, 6) is 0.138. The van der Waals surface area contributed by atoms with Crippen LogP contribution in [0.3, 0.4) is 0 Å². The molecule has 3 rings (SSSR count). The van der Waals surface area contributed by atoms with Crippen molar-refractivity contribution in [2.45, 2.75) is 43.2 Å². The quantitative estimate of drug-likeness (QED) is 0.648. The maximum Gasteiger partial charge on any atom is 0.240 e. The Morgan fingerprint density at radius 1 is 1.15 bits per heavy atom. The Balaban J connectivity index is 1.49. The average Bonchev–Trinajstić information content (AvgIpc) is 3.19. The summed E-state index contributed by atoms with van der Waals surface area (Å²) in [6, 6.07) is 6.63. The largest absolute Gasteiger partial charge is 0.377 e.